The van der Waals surface area contributed by atoms with Crippen molar-refractivity contribution in [2.75, 3.05) is 39.4 Å². The fourth-order valence-corrected chi connectivity index (χ4v) is 1.19. The monoisotopic (exact) mass is 171 g/mol. The summed E-state index contributed by atoms with van der Waals surface area (Å²) in [4.78, 5) is 0. The van der Waals surface area contributed by atoms with Crippen LogP contribution in [0.5, 0.6) is 0 Å². The third-order valence-corrected chi connectivity index (χ3v) is 1.90. The molecule has 0 aromatic rings. The summed E-state index contributed by atoms with van der Waals surface area (Å²) < 4.78 is 5.37. The van der Waals surface area contributed by atoms with Crippen LogP contribution in [0.15, 0.2) is 0 Å². The van der Waals surface area contributed by atoms with E-state index in [4.69, 9.17) is 4.74 Å². The second-order valence-electron chi connectivity index (χ2n) is 2.98. The van der Waals surface area contributed by atoms with Crippen molar-refractivity contribution in [3.63, 3.8) is 0 Å². The molecule has 0 bridgehead atoms. The Hall–Kier alpha value is -0.120. The first-order valence-corrected chi connectivity index (χ1v) is 4.81. The molecule has 1 fully saturated rings. The molecule has 3 heteroatoms. The van der Waals surface area contributed by atoms with E-state index < -0.39 is 0 Å². The lowest BCUT2D eigenvalue weighted by molar-refractivity contribution is 0.137. The molecule has 0 aliphatic carbocycles. The zero-order valence-corrected chi connectivity index (χ0v) is 7.64. The van der Waals surface area contributed by atoms with E-state index >= 15 is 0 Å². The van der Waals surface area contributed by atoms with Gasteiger partial charge in [0.2, 0.25) is 0 Å². The van der Waals surface area contributed by atoms with Gasteiger partial charge in [-0.2, -0.15) is 0 Å². The fourth-order valence-electron chi connectivity index (χ4n) is 1.19. The minimum absolute atomic E-state index is 0.835. The van der Waals surface area contributed by atoms with Gasteiger partial charge in [-0.1, -0.05) is 0 Å². The molecule has 2 N–H and O–H groups in total. The number of hydrogen-bond acceptors (Lipinski definition) is 3. The van der Waals surface area contributed by atoms with Crippen molar-refractivity contribution in [3.05, 3.63) is 6.42 Å². The highest BCUT2D eigenvalue weighted by molar-refractivity contribution is 4.68. The first kappa shape index (κ1) is 9.96. The van der Waals surface area contributed by atoms with Crippen LogP contribution in [0.2, 0.25) is 0 Å². The Morgan fingerprint density at radius 2 is 1.42 bits per heavy atom. The van der Waals surface area contributed by atoms with Crippen LogP contribution in [0, 0.1) is 6.42 Å². The van der Waals surface area contributed by atoms with Gasteiger partial charge in [0.1, 0.15) is 0 Å². The van der Waals surface area contributed by atoms with E-state index in [0.717, 1.165) is 39.4 Å². The van der Waals surface area contributed by atoms with Crippen molar-refractivity contribution in [1.29, 1.82) is 0 Å². The van der Waals surface area contributed by atoms with Crippen molar-refractivity contribution in [2.24, 2.45) is 0 Å². The minimum atomic E-state index is 0.835. The van der Waals surface area contributed by atoms with Crippen LogP contribution in [-0.4, -0.2) is 39.4 Å². The van der Waals surface area contributed by atoms with Crippen LogP contribution in [0.3, 0.4) is 0 Å². The summed E-state index contributed by atoms with van der Waals surface area (Å²) in [6.07, 6.45) is 4.67. The maximum atomic E-state index is 5.37. The maximum absolute atomic E-state index is 5.37. The van der Waals surface area contributed by atoms with Crippen molar-refractivity contribution in [2.45, 2.75) is 12.8 Å². The lowest BCUT2D eigenvalue weighted by Gasteiger charge is -2.09. The predicted octanol–water partition coefficient (Wildman–Crippen LogP) is 0.180. The van der Waals surface area contributed by atoms with Gasteiger partial charge in [0, 0.05) is 13.1 Å². The van der Waals surface area contributed by atoms with Crippen LogP contribution in [-0.2, 0) is 4.74 Å². The van der Waals surface area contributed by atoms with E-state index in [1.165, 1.54) is 12.8 Å². The van der Waals surface area contributed by atoms with E-state index in [0.29, 0.717) is 0 Å². The van der Waals surface area contributed by atoms with Gasteiger partial charge in [0.25, 0.3) is 0 Å². The quantitative estimate of drug-likeness (QED) is 0.545. The molecule has 1 aliphatic heterocycles. The number of nitrogens with one attached hydrogen (secondary N) is 2. The van der Waals surface area contributed by atoms with E-state index in [-0.39, 0.29) is 0 Å². The molecule has 0 saturated carbocycles. The van der Waals surface area contributed by atoms with Crippen LogP contribution in [0.25, 0.3) is 0 Å². The van der Waals surface area contributed by atoms with Gasteiger partial charge in [-0.25, -0.2) is 0 Å². The van der Waals surface area contributed by atoms with Gasteiger partial charge in [-0.05, 0) is 32.4 Å². The standard InChI is InChI=1S/C9H19N2O/c1-2-4-10-6-8-12-9-7-11-5-3-1/h1,10-11H,2-9H2. The first-order valence-electron chi connectivity index (χ1n) is 4.81. The Balaban J connectivity index is 2.00. The molecule has 0 aromatic heterocycles. The molecule has 0 atom stereocenters. The molecule has 12 heavy (non-hydrogen) atoms. The molecular weight excluding hydrogens is 152 g/mol. The number of ether oxygens (including phenoxy) is 1. The molecule has 3 nitrogen and oxygen atoms in total. The van der Waals surface area contributed by atoms with Gasteiger partial charge in [-0.15, -0.1) is 0 Å². The predicted molar refractivity (Wildman–Crippen MR) is 50.1 cm³/mol. The normalized spacial score (nSPS) is 24.0. The van der Waals surface area contributed by atoms with Crippen molar-refractivity contribution in [3.8, 4) is 0 Å². The van der Waals surface area contributed by atoms with Gasteiger partial charge in [0.05, 0.1) is 13.2 Å². The van der Waals surface area contributed by atoms with E-state index in [1.807, 2.05) is 0 Å². The second kappa shape index (κ2) is 7.53. The van der Waals surface area contributed by atoms with Gasteiger partial charge in [-0.3, -0.25) is 0 Å². The largest absolute Gasteiger partial charge is 0.379 e. The molecule has 0 aromatic carbocycles. The summed E-state index contributed by atoms with van der Waals surface area (Å²) in [6, 6.07) is 0. The molecular formula is C9H19N2O. The smallest absolute Gasteiger partial charge is 0.0591 e. The zero-order chi connectivity index (χ0) is 8.49. The van der Waals surface area contributed by atoms with Crippen molar-refractivity contribution in [1.82, 2.24) is 10.6 Å². The average Bonchev–Trinajstić information content (AvgIpc) is 2.05. The summed E-state index contributed by atoms with van der Waals surface area (Å²) in [6.45, 7) is 5.80. The van der Waals surface area contributed by atoms with E-state index in [9.17, 15) is 0 Å². The SMILES string of the molecule is [CH]1CCNCCOCCNCC1. The number of rotatable bonds is 0. The lowest BCUT2D eigenvalue weighted by Crippen LogP contribution is -2.26. The average molecular weight is 171 g/mol. The summed E-state index contributed by atoms with van der Waals surface area (Å²) in [7, 11) is 0. The summed E-state index contributed by atoms with van der Waals surface area (Å²) in [5, 5.41) is 6.65. The van der Waals surface area contributed by atoms with Crippen molar-refractivity contribution < 1.29 is 4.74 Å². The molecule has 71 valence electrons. The minimum Gasteiger partial charge on any atom is -0.379 e. The van der Waals surface area contributed by atoms with Gasteiger partial charge in [0.15, 0.2) is 0 Å². The molecule has 0 unspecified atom stereocenters. The highest BCUT2D eigenvalue weighted by atomic mass is 16.5. The van der Waals surface area contributed by atoms with Gasteiger partial charge < -0.3 is 15.4 Å². The summed E-state index contributed by atoms with van der Waals surface area (Å²) in [5.41, 5.74) is 0. The molecule has 1 radical (unpaired) electrons. The molecule has 1 aliphatic rings. The van der Waals surface area contributed by atoms with Crippen LogP contribution < -0.4 is 10.6 Å². The molecule has 1 saturated heterocycles. The third kappa shape index (κ3) is 5.52. The van der Waals surface area contributed by atoms with E-state index in [2.05, 4.69) is 17.1 Å². The summed E-state index contributed by atoms with van der Waals surface area (Å²) >= 11 is 0. The zero-order valence-electron chi connectivity index (χ0n) is 7.64. The summed E-state index contributed by atoms with van der Waals surface area (Å²) in [5.74, 6) is 0. The highest BCUT2D eigenvalue weighted by Gasteiger charge is 1.94. The van der Waals surface area contributed by atoms with Crippen molar-refractivity contribution >= 4 is 0 Å². The third-order valence-electron chi connectivity index (χ3n) is 1.90. The lowest BCUT2D eigenvalue weighted by atomic mass is 10.2. The Kier molecular flexibility index (Phi) is 6.25. The maximum Gasteiger partial charge on any atom is 0.0591 e. The Bertz CT molecular complexity index is 55.5. The van der Waals surface area contributed by atoms with Gasteiger partial charge >= 0.3 is 0 Å². The first-order chi connectivity index (χ1) is 6.00. The van der Waals surface area contributed by atoms with Crippen LogP contribution in [0.1, 0.15) is 12.8 Å². The molecule has 1 heterocycles. The van der Waals surface area contributed by atoms with E-state index in [1.54, 1.807) is 0 Å². The fraction of sp³-hybridized carbons (Fsp3) is 0.889. The second-order valence-corrected chi connectivity index (χ2v) is 2.98. The molecule has 0 amide bonds. The van der Waals surface area contributed by atoms with Crippen LogP contribution >= 0.6 is 0 Å². The topological polar surface area (TPSA) is 33.3 Å². The Labute approximate surface area is 74.9 Å². The highest BCUT2D eigenvalue weighted by Crippen LogP contribution is 1.90. The van der Waals surface area contributed by atoms with Crippen LogP contribution in [0.4, 0.5) is 0 Å². The Morgan fingerprint density at radius 3 is 2.00 bits per heavy atom. The molecule has 1 rings (SSSR count). The Morgan fingerprint density at radius 1 is 0.833 bits per heavy atom. The molecule has 0 spiro atoms. The number of hydrogen-bond donors (Lipinski definition) is 2.